The van der Waals surface area contributed by atoms with Crippen LogP contribution in [-0.4, -0.2) is 29.0 Å². The summed E-state index contributed by atoms with van der Waals surface area (Å²) in [6, 6.07) is 20.3. The van der Waals surface area contributed by atoms with E-state index in [1.165, 1.54) is 7.11 Å². The van der Waals surface area contributed by atoms with Crippen LogP contribution in [0.15, 0.2) is 95.5 Å². The van der Waals surface area contributed by atoms with Crippen molar-refractivity contribution in [2.75, 3.05) is 12.5 Å². The molecule has 7 heteroatoms. The smallest absolute Gasteiger partial charge is 0.260 e. The highest BCUT2D eigenvalue weighted by atomic mass is 79.9. The van der Waals surface area contributed by atoms with Crippen molar-refractivity contribution in [3.63, 3.8) is 0 Å². The molecule has 0 radical (unpaired) electrons. The van der Waals surface area contributed by atoms with E-state index < -0.39 is 17.3 Å². The van der Waals surface area contributed by atoms with Gasteiger partial charge in [-0.15, -0.1) is 0 Å². The SMILES string of the molecule is C=CC1=CCC2C(=O)N(Nc3ccc(C)cc3)C(=O)C2(c2ccccc2)C1c1cc(Br)cc(OC)c1O. The molecular weight excluding hydrogens is 532 g/mol. The Labute approximate surface area is 224 Å². The van der Waals surface area contributed by atoms with Crippen LogP contribution in [0.25, 0.3) is 0 Å². The van der Waals surface area contributed by atoms with Crippen LogP contribution < -0.4 is 10.2 Å². The number of hydrogen-bond donors (Lipinski definition) is 2. The van der Waals surface area contributed by atoms with Crippen molar-refractivity contribution in [1.82, 2.24) is 5.01 Å². The van der Waals surface area contributed by atoms with Crippen molar-refractivity contribution in [2.45, 2.75) is 24.7 Å². The van der Waals surface area contributed by atoms with Crippen LogP contribution in [0, 0.1) is 12.8 Å². The molecule has 0 spiro atoms. The summed E-state index contributed by atoms with van der Waals surface area (Å²) in [5.41, 5.74) is 5.37. The van der Waals surface area contributed by atoms with Gasteiger partial charge in [0.25, 0.3) is 11.8 Å². The number of nitrogens with zero attached hydrogens (tertiary/aromatic N) is 1. The quantitative estimate of drug-likeness (QED) is 0.361. The van der Waals surface area contributed by atoms with E-state index >= 15 is 0 Å². The molecule has 5 rings (SSSR count). The number of carbonyl (C=O) groups excluding carboxylic acids is 2. The molecule has 3 aromatic carbocycles. The third kappa shape index (κ3) is 3.85. The number of anilines is 1. The number of halogens is 1. The number of carbonyl (C=O) groups is 2. The number of ether oxygens (including phenoxy) is 1. The van der Waals surface area contributed by atoms with Gasteiger partial charge in [0.05, 0.1) is 24.1 Å². The molecule has 1 aliphatic carbocycles. The molecule has 0 saturated carbocycles. The Hall–Kier alpha value is -3.84. The molecule has 2 N–H and O–H groups in total. The number of aryl methyl sites for hydroxylation is 1. The van der Waals surface area contributed by atoms with E-state index in [1.807, 2.05) is 67.6 Å². The number of imide groups is 1. The predicted molar refractivity (Wildman–Crippen MR) is 146 cm³/mol. The Morgan fingerprint density at radius 1 is 1.14 bits per heavy atom. The monoisotopic (exact) mass is 558 g/mol. The number of allylic oxidation sites excluding steroid dienone is 3. The first-order chi connectivity index (χ1) is 17.8. The lowest BCUT2D eigenvalue weighted by atomic mass is 9.56. The van der Waals surface area contributed by atoms with E-state index in [4.69, 9.17) is 4.74 Å². The van der Waals surface area contributed by atoms with Crippen LogP contribution in [0.2, 0.25) is 0 Å². The van der Waals surface area contributed by atoms with Crippen molar-refractivity contribution in [3.05, 3.63) is 112 Å². The zero-order valence-corrected chi connectivity index (χ0v) is 22.2. The molecule has 6 nitrogen and oxygen atoms in total. The van der Waals surface area contributed by atoms with Gasteiger partial charge >= 0.3 is 0 Å². The van der Waals surface area contributed by atoms with Crippen LogP contribution >= 0.6 is 15.9 Å². The van der Waals surface area contributed by atoms with Gasteiger partial charge < -0.3 is 9.84 Å². The minimum Gasteiger partial charge on any atom is -0.504 e. The number of fused-ring (bicyclic) bond motifs is 1. The molecule has 188 valence electrons. The third-order valence-corrected chi connectivity index (χ3v) is 7.84. The van der Waals surface area contributed by atoms with Crippen molar-refractivity contribution >= 4 is 33.4 Å². The molecule has 0 bridgehead atoms. The van der Waals surface area contributed by atoms with E-state index in [0.717, 1.165) is 16.1 Å². The molecule has 1 aliphatic heterocycles. The summed E-state index contributed by atoms with van der Waals surface area (Å²) < 4.78 is 6.11. The molecule has 2 amide bonds. The minimum absolute atomic E-state index is 0.0791. The van der Waals surface area contributed by atoms with Gasteiger partial charge in [0.1, 0.15) is 0 Å². The minimum atomic E-state index is -1.32. The van der Waals surface area contributed by atoms with E-state index in [0.29, 0.717) is 27.7 Å². The molecule has 3 unspecified atom stereocenters. The first kappa shape index (κ1) is 24.8. The number of amides is 2. The van der Waals surface area contributed by atoms with Gasteiger partial charge in [0.15, 0.2) is 11.5 Å². The summed E-state index contributed by atoms with van der Waals surface area (Å²) in [4.78, 5) is 28.5. The first-order valence-corrected chi connectivity index (χ1v) is 12.8. The molecule has 2 aliphatic rings. The Kier molecular flexibility index (Phi) is 6.42. The number of phenolic OH excluding ortho intramolecular Hbond substituents is 1. The van der Waals surface area contributed by atoms with Crippen LogP contribution in [0.4, 0.5) is 5.69 Å². The van der Waals surface area contributed by atoms with E-state index in [2.05, 4.69) is 27.9 Å². The first-order valence-electron chi connectivity index (χ1n) is 12.0. The van der Waals surface area contributed by atoms with Gasteiger partial charge in [-0.2, -0.15) is 5.01 Å². The van der Waals surface area contributed by atoms with Gasteiger partial charge in [-0.25, -0.2) is 0 Å². The van der Waals surface area contributed by atoms with Crippen molar-refractivity contribution < 1.29 is 19.4 Å². The number of hydrazine groups is 1. The molecular formula is C30H27BrN2O4. The van der Waals surface area contributed by atoms with Crippen molar-refractivity contribution in [1.29, 1.82) is 0 Å². The second-order valence-electron chi connectivity index (χ2n) is 9.37. The Balaban J connectivity index is 1.76. The standard InChI is InChI=1S/C30H27BrN2O4/c1-4-19-12-15-24-28(35)33(32-22-13-10-18(2)11-14-22)29(36)30(24,20-8-6-5-7-9-20)26(19)23-16-21(31)17-25(37-3)27(23)34/h4-14,16-17,24,26,32,34H,1,15H2,2-3H3. The largest absolute Gasteiger partial charge is 0.504 e. The maximum absolute atomic E-state index is 14.6. The average Bonchev–Trinajstić information content (AvgIpc) is 3.13. The Bertz CT molecular complexity index is 1420. The fraction of sp³-hybridized carbons (Fsp3) is 0.200. The average molecular weight is 559 g/mol. The van der Waals surface area contributed by atoms with Crippen molar-refractivity contribution in [2.24, 2.45) is 5.92 Å². The molecule has 1 heterocycles. The summed E-state index contributed by atoms with van der Waals surface area (Å²) in [5, 5.41) is 12.4. The molecule has 3 aromatic rings. The lowest BCUT2D eigenvalue weighted by Gasteiger charge is -2.43. The maximum atomic E-state index is 14.6. The van der Waals surface area contributed by atoms with Crippen LogP contribution in [0.1, 0.15) is 29.0 Å². The Morgan fingerprint density at radius 3 is 2.49 bits per heavy atom. The number of aromatic hydroxyl groups is 1. The number of methoxy groups -OCH3 is 1. The highest BCUT2D eigenvalue weighted by Crippen LogP contribution is 2.59. The number of phenols is 1. The summed E-state index contributed by atoms with van der Waals surface area (Å²) in [5.74, 6) is -1.91. The second-order valence-corrected chi connectivity index (χ2v) is 10.3. The summed E-state index contributed by atoms with van der Waals surface area (Å²) in [6.45, 7) is 5.99. The molecule has 1 fully saturated rings. The van der Waals surface area contributed by atoms with Gasteiger partial charge in [-0.05, 0) is 48.7 Å². The third-order valence-electron chi connectivity index (χ3n) is 7.38. The van der Waals surface area contributed by atoms with Crippen LogP contribution in [0.3, 0.4) is 0 Å². The molecule has 1 saturated heterocycles. The van der Waals surface area contributed by atoms with Gasteiger partial charge in [-0.1, -0.05) is 82.7 Å². The van der Waals surface area contributed by atoms with Gasteiger partial charge in [0.2, 0.25) is 0 Å². The summed E-state index contributed by atoms with van der Waals surface area (Å²) in [7, 11) is 1.48. The fourth-order valence-electron chi connectivity index (χ4n) is 5.70. The van der Waals surface area contributed by atoms with E-state index in [1.54, 1.807) is 18.2 Å². The lowest BCUT2D eigenvalue weighted by Crippen LogP contribution is -2.48. The number of hydrogen-bond acceptors (Lipinski definition) is 5. The highest BCUT2D eigenvalue weighted by molar-refractivity contribution is 9.10. The number of nitrogens with one attached hydrogen (secondary N) is 1. The topological polar surface area (TPSA) is 78.9 Å². The van der Waals surface area contributed by atoms with Crippen molar-refractivity contribution in [3.8, 4) is 11.5 Å². The fourth-order valence-corrected chi connectivity index (χ4v) is 6.15. The van der Waals surface area contributed by atoms with Crippen LogP contribution in [0.5, 0.6) is 11.5 Å². The summed E-state index contributed by atoms with van der Waals surface area (Å²) in [6.07, 6.45) is 4.00. The highest BCUT2D eigenvalue weighted by Gasteiger charge is 2.66. The summed E-state index contributed by atoms with van der Waals surface area (Å²) >= 11 is 3.52. The Morgan fingerprint density at radius 2 is 1.84 bits per heavy atom. The maximum Gasteiger partial charge on any atom is 0.260 e. The number of rotatable bonds is 6. The number of benzene rings is 3. The van der Waals surface area contributed by atoms with Gasteiger partial charge in [0, 0.05) is 16.0 Å². The van der Waals surface area contributed by atoms with E-state index in [-0.39, 0.29) is 23.3 Å². The molecule has 37 heavy (non-hydrogen) atoms. The predicted octanol–water partition coefficient (Wildman–Crippen LogP) is 6.02. The zero-order valence-electron chi connectivity index (χ0n) is 20.6. The van der Waals surface area contributed by atoms with Gasteiger partial charge in [-0.3, -0.25) is 15.0 Å². The second kappa shape index (κ2) is 9.56. The molecule has 0 aromatic heterocycles. The zero-order chi connectivity index (χ0) is 26.3. The van der Waals surface area contributed by atoms with Crippen LogP contribution in [-0.2, 0) is 15.0 Å². The lowest BCUT2D eigenvalue weighted by molar-refractivity contribution is -0.138. The normalized spacial score (nSPS) is 22.9. The molecule has 3 atom stereocenters. The van der Waals surface area contributed by atoms with E-state index in [9.17, 15) is 14.7 Å².